The van der Waals surface area contributed by atoms with Crippen LogP contribution in [0.4, 0.5) is 4.79 Å². The molecule has 124 valence electrons. The first-order valence-corrected chi connectivity index (χ1v) is 9.51. The molecule has 2 aromatic rings. The van der Waals surface area contributed by atoms with Gasteiger partial charge in [-0.15, -0.1) is 11.3 Å². The highest BCUT2D eigenvalue weighted by molar-refractivity contribution is 7.18. The second-order valence-corrected chi connectivity index (χ2v) is 7.23. The molecule has 2 amide bonds. The number of para-hydroxylation sites is 1. The van der Waals surface area contributed by atoms with E-state index in [2.05, 4.69) is 18.3 Å². The number of amides is 2. The maximum Gasteiger partial charge on any atom is 0.317 e. The summed E-state index contributed by atoms with van der Waals surface area (Å²) >= 11 is 1.72. The van der Waals surface area contributed by atoms with Gasteiger partial charge >= 0.3 is 6.03 Å². The average molecular weight is 331 g/mol. The van der Waals surface area contributed by atoms with Crippen molar-refractivity contribution < 1.29 is 4.79 Å². The zero-order valence-corrected chi connectivity index (χ0v) is 14.6. The third-order valence-corrected chi connectivity index (χ3v) is 5.55. The minimum Gasteiger partial charge on any atom is -0.338 e. The molecule has 0 radical (unpaired) electrons. The average Bonchev–Trinajstić information content (AvgIpc) is 3.02. The van der Waals surface area contributed by atoms with E-state index in [1.807, 2.05) is 23.1 Å². The number of thiazole rings is 1. The van der Waals surface area contributed by atoms with Crippen LogP contribution in [0.25, 0.3) is 10.2 Å². The summed E-state index contributed by atoms with van der Waals surface area (Å²) in [5.41, 5.74) is 1.04. The van der Waals surface area contributed by atoms with Crippen LogP contribution in [0.5, 0.6) is 0 Å². The van der Waals surface area contributed by atoms with Crippen LogP contribution in [0.2, 0.25) is 0 Å². The largest absolute Gasteiger partial charge is 0.338 e. The second-order valence-electron chi connectivity index (χ2n) is 6.16. The molecule has 3 rings (SSSR count). The summed E-state index contributed by atoms with van der Waals surface area (Å²) in [5, 5.41) is 4.16. The van der Waals surface area contributed by atoms with Gasteiger partial charge in [0.05, 0.1) is 16.3 Å². The maximum absolute atomic E-state index is 12.6. The van der Waals surface area contributed by atoms with Gasteiger partial charge in [0.2, 0.25) is 0 Å². The van der Waals surface area contributed by atoms with Gasteiger partial charge in [-0.05, 0) is 37.8 Å². The quantitative estimate of drug-likeness (QED) is 0.806. The summed E-state index contributed by atoms with van der Waals surface area (Å²) in [7, 11) is 0. The number of nitrogens with zero attached hydrogens (tertiary/aromatic N) is 2. The van der Waals surface area contributed by atoms with E-state index in [9.17, 15) is 4.79 Å². The molecule has 1 aliphatic rings. The first kappa shape index (κ1) is 16.2. The smallest absolute Gasteiger partial charge is 0.317 e. The molecule has 23 heavy (non-hydrogen) atoms. The highest BCUT2D eigenvalue weighted by Crippen LogP contribution is 2.35. The van der Waals surface area contributed by atoms with Crippen LogP contribution in [-0.4, -0.2) is 29.0 Å². The van der Waals surface area contributed by atoms with Gasteiger partial charge in [0.15, 0.2) is 0 Å². The molecule has 1 aliphatic heterocycles. The van der Waals surface area contributed by atoms with Gasteiger partial charge in [0, 0.05) is 13.1 Å². The number of carbonyl (C=O) groups is 1. The third-order valence-electron chi connectivity index (χ3n) is 4.42. The van der Waals surface area contributed by atoms with Crippen LogP contribution in [-0.2, 0) is 0 Å². The fourth-order valence-corrected chi connectivity index (χ4v) is 4.25. The van der Waals surface area contributed by atoms with Crippen molar-refractivity contribution in [3.63, 3.8) is 0 Å². The number of piperidine rings is 1. The molecule has 1 N–H and O–H groups in total. The van der Waals surface area contributed by atoms with Crippen molar-refractivity contribution in [3.05, 3.63) is 29.3 Å². The fourth-order valence-electron chi connectivity index (χ4n) is 3.14. The number of rotatable bonds is 5. The number of unbranched alkanes of at least 4 members (excludes halogenated alkanes) is 2. The third kappa shape index (κ3) is 3.83. The van der Waals surface area contributed by atoms with Crippen molar-refractivity contribution in [2.24, 2.45) is 0 Å². The summed E-state index contributed by atoms with van der Waals surface area (Å²) in [5.74, 6) is 0. The summed E-state index contributed by atoms with van der Waals surface area (Å²) in [6.07, 6.45) is 6.67. The lowest BCUT2D eigenvalue weighted by molar-refractivity contribution is 0.151. The maximum atomic E-state index is 12.6. The van der Waals surface area contributed by atoms with Crippen molar-refractivity contribution in [2.75, 3.05) is 13.1 Å². The molecule has 5 heteroatoms. The lowest BCUT2D eigenvalue weighted by atomic mass is 10.0. The number of benzene rings is 1. The van der Waals surface area contributed by atoms with Gasteiger partial charge in [-0.3, -0.25) is 0 Å². The lowest BCUT2D eigenvalue weighted by Gasteiger charge is -2.34. The van der Waals surface area contributed by atoms with E-state index < -0.39 is 0 Å². The molecule has 4 nitrogen and oxygen atoms in total. The number of likely N-dealkylation sites (tertiary alicyclic amines) is 1. The zero-order valence-electron chi connectivity index (χ0n) is 13.8. The van der Waals surface area contributed by atoms with E-state index in [0.717, 1.165) is 42.9 Å². The first-order chi connectivity index (χ1) is 11.3. The number of fused-ring (bicyclic) bond motifs is 1. The van der Waals surface area contributed by atoms with Gasteiger partial charge in [0.1, 0.15) is 5.01 Å². The SMILES string of the molecule is CCCCCNC(=O)N1CCCCC1c1nc2ccccc2s1. The van der Waals surface area contributed by atoms with Gasteiger partial charge < -0.3 is 10.2 Å². The number of urea groups is 1. The van der Waals surface area contributed by atoms with E-state index in [4.69, 9.17) is 4.98 Å². The van der Waals surface area contributed by atoms with Gasteiger partial charge in [-0.25, -0.2) is 9.78 Å². The van der Waals surface area contributed by atoms with Crippen molar-refractivity contribution in [2.45, 2.75) is 51.5 Å². The van der Waals surface area contributed by atoms with Crippen LogP contribution in [0.3, 0.4) is 0 Å². The number of nitrogens with one attached hydrogen (secondary N) is 1. The summed E-state index contributed by atoms with van der Waals surface area (Å²) in [6, 6.07) is 8.42. The number of aromatic nitrogens is 1. The van der Waals surface area contributed by atoms with Gasteiger partial charge in [0.25, 0.3) is 0 Å². The van der Waals surface area contributed by atoms with Crippen molar-refractivity contribution in [1.82, 2.24) is 15.2 Å². The molecule has 0 spiro atoms. The Kier molecular flexibility index (Phi) is 5.49. The zero-order chi connectivity index (χ0) is 16.1. The van der Waals surface area contributed by atoms with Crippen LogP contribution in [0, 0.1) is 0 Å². The summed E-state index contributed by atoms with van der Waals surface area (Å²) in [6.45, 7) is 3.78. The molecule has 1 fully saturated rings. The lowest BCUT2D eigenvalue weighted by Crippen LogP contribution is -2.44. The Hall–Kier alpha value is -1.62. The van der Waals surface area contributed by atoms with E-state index in [1.54, 1.807) is 11.3 Å². The molecular formula is C18H25N3OS. The highest BCUT2D eigenvalue weighted by atomic mass is 32.1. The second kappa shape index (κ2) is 7.77. The van der Waals surface area contributed by atoms with Crippen molar-refractivity contribution in [3.8, 4) is 0 Å². The molecule has 0 aliphatic carbocycles. The van der Waals surface area contributed by atoms with Crippen LogP contribution >= 0.6 is 11.3 Å². The normalized spacial score (nSPS) is 18.3. The van der Waals surface area contributed by atoms with E-state index in [1.165, 1.54) is 24.0 Å². The fraction of sp³-hybridized carbons (Fsp3) is 0.556. The predicted octanol–water partition coefficient (Wildman–Crippen LogP) is 4.72. The molecule has 1 aromatic carbocycles. The standard InChI is InChI=1S/C18H25N3OS/c1-2-3-7-12-19-18(22)21-13-8-6-10-15(21)17-20-14-9-4-5-11-16(14)23-17/h4-5,9,11,15H,2-3,6-8,10,12-13H2,1H3,(H,19,22). The monoisotopic (exact) mass is 331 g/mol. The minimum absolute atomic E-state index is 0.0741. The Morgan fingerprint density at radius 3 is 3.04 bits per heavy atom. The predicted molar refractivity (Wildman–Crippen MR) is 95.8 cm³/mol. The number of hydrogen-bond donors (Lipinski definition) is 1. The van der Waals surface area contributed by atoms with Crippen LogP contribution in [0.1, 0.15) is 56.5 Å². The van der Waals surface area contributed by atoms with E-state index >= 15 is 0 Å². The van der Waals surface area contributed by atoms with Crippen LogP contribution < -0.4 is 5.32 Å². The number of carbonyl (C=O) groups excluding carboxylic acids is 1. The van der Waals surface area contributed by atoms with Gasteiger partial charge in [-0.2, -0.15) is 0 Å². The molecule has 0 saturated carbocycles. The van der Waals surface area contributed by atoms with Crippen LogP contribution in [0.15, 0.2) is 24.3 Å². The van der Waals surface area contributed by atoms with E-state index in [0.29, 0.717) is 0 Å². The molecule has 1 unspecified atom stereocenters. The van der Waals surface area contributed by atoms with Gasteiger partial charge in [-0.1, -0.05) is 31.9 Å². The summed E-state index contributed by atoms with van der Waals surface area (Å²) < 4.78 is 1.20. The van der Waals surface area contributed by atoms with Crippen molar-refractivity contribution >= 4 is 27.6 Å². The molecule has 0 bridgehead atoms. The Morgan fingerprint density at radius 2 is 2.22 bits per heavy atom. The molecule has 1 saturated heterocycles. The minimum atomic E-state index is 0.0741. The Bertz CT molecular complexity index is 622. The molecule has 1 aromatic heterocycles. The summed E-state index contributed by atoms with van der Waals surface area (Å²) in [4.78, 5) is 19.3. The van der Waals surface area contributed by atoms with Crippen molar-refractivity contribution in [1.29, 1.82) is 0 Å². The Balaban J connectivity index is 1.71. The number of hydrogen-bond acceptors (Lipinski definition) is 3. The highest BCUT2D eigenvalue weighted by Gasteiger charge is 2.30. The Labute approximate surface area is 141 Å². The first-order valence-electron chi connectivity index (χ1n) is 8.69. The van der Waals surface area contributed by atoms with E-state index in [-0.39, 0.29) is 12.1 Å². The molecule has 1 atom stereocenters. The molecule has 2 heterocycles. The Morgan fingerprint density at radius 1 is 1.35 bits per heavy atom. The molecular weight excluding hydrogens is 306 g/mol. The topological polar surface area (TPSA) is 45.2 Å².